The maximum Gasteiger partial charge on any atom is 0.296 e. The Bertz CT molecular complexity index is 1060. The van der Waals surface area contributed by atoms with Crippen LogP contribution in [-0.2, 0) is 0 Å². The van der Waals surface area contributed by atoms with Gasteiger partial charge in [0.2, 0.25) is 0 Å². The molecular weight excluding hydrogens is 338 g/mol. The van der Waals surface area contributed by atoms with E-state index in [0.717, 1.165) is 40.4 Å². The predicted octanol–water partition coefficient (Wildman–Crippen LogP) is 4.69. The van der Waals surface area contributed by atoms with Crippen molar-refractivity contribution in [1.82, 2.24) is 24.7 Å². The quantitative estimate of drug-likeness (QED) is 0.556. The van der Waals surface area contributed by atoms with E-state index in [0.29, 0.717) is 10.7 Å². The van der Waals surface area contributed by atoms with Gasteiger partial charge in [-0.3, -0.25) is 9.67 Å². The molecule has 0 radical (unpaired) electrons. The second-order valence-corrected chi connectivity index (χ2v) is 6.48. The minimum absolute atomic E-state index is 0.0240. The summed E-state index contributed by atoms with van der Waals surface area (Å²) in [6, 6.07) is 6.09. The number of aromatic nitrogens is 5. The summed E-state index contributed by atoms with van der Waals surface area (Å²) < 4.78 is 1.85. The topological polar surface area (TPSA) is 79.6 Å². The third kappa shape index (κ3) is 2.44. The van der Waals surface area contributed by atoms with Crippen LogP contribution in [0.4, 0.5) is 0 Å². The molecule has 3 heterocycles. The van der Waals surface area contributed by atoms with E-state index in [1.165, 1.54) is 0 Å². The van der Waals surface area contributed by atoms with Gasteiger partial charge in [-0.1, -0.05) is 31.5 Å². The summed E-state index contributed by atoms with van der Waals surface area (Å²) in [6.45, 7) is 4.18. The normalized spacial score (nSPS) is 11.8. The number of hydrogen-bond donors (Lipinski definition) is 2. The minimum atomic E-state index is -0.0240. The SMILES string of the molecule is CCC(CC)n1c(O)nc2ncc(Cl)c(-c3ccc4[nH]ncc4c3)c21. The zero-order chi connectivity index (χ0) is 17.6. The monoisotopic (exact) mass is 355 g/mol. The Balaban J connectivity index is 2.06. The maximum atomic E-state index is 10.4. The number of rotatable bonds is 4. The molecular formula is C18H18ClN5O. The Morgan fingerprint density at radius 3 is 2.80 bits per heavy atom. The second-order valence-electron chi connectivity index (χ2n) is 6.08. The largest absolute Gasteiger partial charge is 0.480 e. The molecule has 2 N–H and O–H groups in total. The molecule has 0 saturated heterocycles. The van der Waals surface area contributed by atoms with Gasteiger partial charge in [0.25, 0.3) is 6.01 Å². The molecule has 0 amide bonds. The van der Waals surface area contributed by atoms with Crippen LogP contribution < -0.4 is 0 Å². The number of hydrogen-bond acceptors (Lipinski definition) is 4. The third-order valence-corrected chi connectivity index (χ3v) is 4.97. The zero-order valence-electron chi connectivity index (χ0n) is 14.0. The second kappa shape index (κ2) is 6.04. The Morgan fingerprint density at radius 1 is 1.24 bits per heavy atom. The Kier molecular flexibility index (Phi) is 3.84. The van der Waals surface area contributed by atoms with Gasteiger partial charge in [0.05, 0.1) is 16.7 Å². The van der Waals surface area contributed by atoms with Crippen LogP contribution in [0.1, 0.15) is 32.7 Å². The van der Waals surface area contributed by atoms with Crippen molar-refractivity contribution in [3.05, 3.63) is 35.6 Å². The van der Waals surface area contributed by atoms with Crippen molar-refractivity contribution < 1.29 is 5.11 Å². The number of halogens is 1. The number of fused-ring (bicyclic) bond motifs is 2. The molecule has 7 heteroatoms. The molecule has 0 aliphatic rings. The summed E-state index contributed by atoms with van der Waals surface area (Å²) in [5, 5.41) is 19.0. The fourth-order valence-corrected chi connectivity index (χ4v) is 3.65. The van der Waals surface area contributed by atoms with Gasteiger partial charge in [-0.05, 0) is 30.5 Å². The molecule has 0 aliphatic heterocycles. The number of imidazole rings is 1. The number of pyridine rings is 1. The molecule has 1 aromatic carbocycles. The maximum absolute atomic E-state index is 10.4. The van der Waals surface area contributed by atoms with E-state index in [9.17, 15) is 5.11 Å². The average Bonchev–Trinajstić information content (AvgIpc) is 3.20. The van der Waals surface area contributed by atoms with Gasteiger partial charge in [-0.15, -0.1) is 0 Å². The Morgan fingerprint density at radius 2 is 2.04 bits per heavy atom. The molecule has 0 saturated carbocycles. The van der Waals surface area contributed by atoms with Crippen LogP contribution >= 0.6 is 11.6 Å². The third-order valence-electron chi connectivity index (χ3n) is 4.69. The molecule has 0 spiro atoms. The molecule has 128 valence electrons. The van der Waals surface area contributed by atoms with Gasteiger partial charge < -0.3 is 5.11 Å². The average molecular weight is 356 g/mol. The van der Waals surface area contributed by atoms with Crippen molar-refractivity contribution in [2.45, 2.75) is 32.7 Å². The number of aromatic hydroxyl groups is 1. The molecule has 0 unspecified atom stereocenters. The molecule has 0 fully saturated rings. The summed E-state index contributed by atoms with van der Waals surface area (Å²) in [5.41, 5.74) is 3.99. The van der Waals surface area contributed by atoms with Gasteiger partial charge in [0, 0.05) is 23.2 Å². The van der Waals surface area contributed by atoms with Crippen LogP contribution in [0.5, 0.6) is 6.01 Å². The molecule has 3 aromatic heterocycles. The predicted molar refractivity (Wildman–Crippen MR) is 98.9 cm³/mol. The van der Waals surface area contributed by atoms with Crippen molar-refractivity contribution in [1.29, 1.82) is 0 Å². The summed E-state index contributed by atoms with van der Waals surface area (Å²) in [5.74, 6) is 0. The van der Waals surface area contributed by atoms with Crippen LogP contribution in [0.2, 0.25) is 5.02 Å². The van der Waals surface area contributed by atoms with Crippen molar-refractivity contribution in [2.24, 2.45) is 0 Å². The summed E-state index contributed by atoms with van der Waals surface area (Å²) in [4.78, 5) is 8.55. The van der Waals surface area contributed by atoms with Gasteiger partial charge in [-0.25, -0.2) is 4.98 Å². The minimum Gasteiger partial charge on any atom is -0.480 e. The summed E-state index contributed by atoms with van der Waals surface area (Å²) >= 11 is 6.53. The van der Waals surface area contributed by atoms with E-state index in [4.69, 9.17) is 11.6 Å². The molecule has 25 heavy (non-hydrogen) atoms. The van der Waals surface area contributed by atoms with E-state index in [1.54, 1.807) is 12.4 Å². The number of nitrogens with one attached hydrogen (secondary N) is 1. The molecule has 6 nitrogen and oxygen atoms in total. The lowest BCUT2D eigenvalue weighted by Crippen LogP contribution is -2.07. The molecule has 4 rings (SSSR count). The smallest absolute Gasteiger partial charge is 0.296 e. The Labute approximate surface area is 149 Å². The molecule has 4 aromatic rings. The fraction of sp³-hybridized carbons (Fsp3) is 0.278. The van der Waals surface area contributed by atoms with Crippen LogP contribution in [0.3, 0.4) is 0 Å². The lowest BCUT2D eigenvalue weighted by molar-refractivity contribution is 0.362. The van der Waals surface area contributed by atoms with Crippen LogP contribution in [0, 0.1) is 0 Å². The number of nitrogens with zero attached hydrogens (tertiary/aromatic N) is 4. The molecule has 0 aliphatic carbocycles. The van der Waals surface area contributed by atoms with E-state index < -0.39 is 0 Å². The highest BCUT2D eigenvalue weighted by atomic mass is 35.5. The lowest BCUT2D eigenvalue weighted by atomic mass is 10.0. The first-order chi connectivity index (χ1) is 12.1. The first-order valence-corrected chi connectivity index (χ1v) is 8.70. The van der Waals surface area contributed by atoms with Gasteiger partial charge in [0.1, 0.15) is 5.52 Å². The standard InChI is InChI=1S/C18H18ClN5O/c1-3-12(4-2)24-16-15(13(19)9-20-17(16)22-18(24)25)10-5-6-14-11(7-10)8-21-23-14/h5-9,12H,3-4H2,1-2H3,(H,21,23)(H,20,22,25). The number of H-pyrrole nitrogens is 1. The van der Waals surface area contributed by atoms with Crippen molar-refractivity contribution in [2.75, 3.05) is 0 Å². The lowest BCUT2D eigenvalue weighted by Gasteiger charge is -2.18. The first kappa shape index (κ1) is 15.9. The van der Waals surface area contributed by atoms with E-state index in [1.807, 2.05) is 22.8 Å². The fourth-order valence-electron chi connectivity index (χ4n) is 3.40. The number of aromatic amines is 1. The van der Waals surface area contributed by atoms with Gasteiger partial charge in [0.15, 0.2) is 5.65 Å². The number of benzene rings is 1. The van der Waals surface area contributed by atoms with Crippen molar-refractivity contribution in [3.8, 4) is 17.1 Å². The van der Waals surface area contributed by atoms with Crippen molar-refractivity contribution >= 4 is 33.7 Å². The van der Waals surface area contributed by atoms with Gasteiger partial charge in [-0.2, -0.15) is 10.1 Å². The van der Waals surface area contributed by atoms with Crippen LogP contribution in [-0.4, -0.2) is 29.8 Å². The highest BCUT2D eigenvalue weighted by Crippen LogP contribution is 2.39. The van der Waals surface area contributed by atoms with E-state index >= 15 is 0 Å². The highest BCUT2D eigenvalue weighted by Gasteiger charge is 2.22. The van der Waals surface area contributed by atoms with Crippen LogP contribution in [0.15, 0.2) is 30.6 Å². The zero-order valence-corrected chi connectivity index (χ0v) is 14.7. The highest BCUT2D eigenvalue weighted by molar-refractivity contribution is 6.34. The summed E-state index contributed by atoms with van der Waals surface area (Å²) in [7, 11) is 0. The van der Waals surface area contributed by atoms with E-state index in [-0.39, 0.29) is 12.1 Å². The first-order valence-electron chi connectivity index (χ1n) is 8.32. The molecule has 0 atom stereocenters. The Hall–Kier alpha value is -2.60. The summed E-state index contributed by atoms with van der Waals surface area (Å²) in [6.07, 6.45) is 5.12. The van der Waals surface area contributed by atoms with Gasteiger partial charge >= 0.3 is 0 Å². The van der Waals surface area contributed by atoms with Crippen LogP contribution in [0.25, 0.3) is 33.2 Å². The van der Waals surface area contributed by atoms with Crippen molar-refractivity contribution in [3.63, 3.8) is 0 Å². The molecule has 0 bridgehead atoms. The van der Waals surface area contributed by atoms with E-state index in [2.05, 4.69) is 34.0 Å².